The van der Waals surface area contributed by atoms with Crippen LogP contribution in [0.2, 0.25) is 5.02 Å². The van der Waals surface area contributed by atoms with Crippen molar-refractivity contribution in [2.75, 3.05) is 0 Å². The fraction of sp³-hybridized carbons (Fsp3) is 0. The number of rotatable bonds is 0. The summed E-state index contributed by atoms with van der Waals surface area (Å²) >= 11 is 6.16. The van der Waals surface area contributed by atoms with Gasteiger partial charge in [0.25, 0.3) is 0 Å². The van der Waals surface area contributed by atoms with Crippen molar-refractivity contribution >= 4 is 28.3 Å². The number of halogens is 1. The van der Waals surface area contributed by atoms with Gasteiger partial charge in [0.2, 0.25) is 0 Å². The van der Waals surface area contributed by atoms with Crippen LogP contribution in [-0.2, 0) is 0 Å². The van der Waals surface area contributed by atoms with Crippen molar-refractivity contribution in [2.24, 2.45) is 0 Å². The van der Waals surface area contributed by atoms with Crippen LogP contribution >= 0.6 is 11.6 Å². The molecule has 86 valence electrons. The SMILES string of the molecule is O=C1c2ccccc2-c2c[nH]c3c(Cl)ccc1c23. The lowest BCUT2D eigenvalue weighted by Gasteiger charge is -2.15. The summed E-state index contributed by atoms with van der Waals surface area (Å²) < 4.78 is 0. The van der Waals surface area contributed by atoms with Crippen LogP contribution in [0.1, 0.15) is 15.9 Å². The van der Waals surface area contributed by atoms with Gasteiger partial charge in [0.15, 0.2) is 5.78 Å². The molecule has 0 fully saturated rings. The number of fused-ring (bicyclic) bond motifs is 2. The van der Waals surface area contributed by atoms with Crippen LogP contribution in [0.3, 0.4) is 0 Å². The van der Waals surface area contributed by atoms with Crippen LogP contribution in [0.25, 0.3) is 22.0 Å². The number of aromatic nitrogens is 1. The fourth-order valence-electron chi connectivity index (χ4n) is 2.68. The number of nitrogens with one attached hydrogen (secondary N) is 1. The Kier molecular flexibility index (Phi) is 1.78. The van der Waals surface area contributed by atoms with Gasteiger partial charge in [-0.25, -0.2) is 0 Å². The van der Waals surface area contributed by atoms with Crippen molar-refractivity contribution in [3.63, 3.8) is 0 Å². The van der Waals surface area contributed by atoms with Gasteiger partial charge < -0.3 is 4.98 Å². The van der Waals surface area contributed by atoms with E-state index in [1.165, 1.54) is 0 Å². The summed E-state index contributed by atoms with van der Waals surface area (Å²) in [4.78, 5) is 15.6. The van der Waals surface area contributed by atoms with Gasteiger partial charge in [-0.2, -0.15) is 0 Å². The van der Waals surface area contributed by atoms with Gasteiger partial charge in [0.05, 0.1) is 10.5 Å². The van der Waals surface area contributed by atoms with Crippen LogP contribution in [0.15, 0.2) is 42.6 Å². The van der Waals surface area contributed by atoms with Crippen molar-refractivity contribution < 1.29 is 4.79 Å². The highest BCUT2D eigenvalue weighted by molar-refractivity contribution is 6.37. The van der Waals surface area contributed by atoms with Gasteiger partial charge in [-0.1, -0.05) is 35.9 Å². The summed E-state index contributed by atoms with van der Waals surface area (Å²) in [6.45, 7) is 0. The Morgan fingerprint density at radius 3 is 2.50 bits per heavy atom. The van der Waals surface area contributed by atoms with E-state index >= 15 is 0 Å². The molecule has 1 N–H and O–H groups in total. The average Bonchev–Trinajstić information content (AvgIpc) is 2.84. The second kappa shape index (κ2) is 3.24. The van der Waals surface area contributed by atoms with Crippen molar-refractivity contribution in [1.82, 2.24) is 4.98 Å². The number of ketones is 1. The van der Waals surface area contributed by atoms with Crippen LogP contribution in [0.5, 0.6) is 0 Å². The van der Waals surface area contributed by atoms with Gasteiger partial charge in [-0.3, -0.25) is 4.79 Å². The predicted octanol–water partition coefficient (Wildman–Crippen LogP) is 4.03. The molecule has 0 atom stereocenters. The average molecular weight is 254 g/mol. The van der Waals surface area contributed by atoms with E-state index in [-0.39, 0.29) is 5.78 Å². The zero-order valence-electron chi connectivity index (χ0n) is 9.33. The van der Waals surface area contributed by atoms with Crippen LogP contribution in [0.4, 0.5) is 0 Å². The molecule has 3 heteroatoms. The molecule has 0 saturated heterocycles. The standard InChI is InChI=1S/C15H8ClNO/c16-12-6-5-10-13-11(7-17-14(12)13)8-3-1-2-4-9(8)15(10)18/h1-7,17H. The highest BCUT2D eigenvalue weighted by Crippen LogP contribution is 2.41. The molecule has 0 aliphatic heterocycles. The maximum Gasteiger partial charge on any atom is 0.194 e. The van der Waals surface area contributed by atoms with Crippen LogP contribution in [0, 0.1) is 0 Å². The summed E-state index contributed by atoms with van der Waals surface area (Å²) in [5, 5.41) is 1.58. The molecule has 0 spiro atoms. The second-order valence-corrected chi connectivity index (χ2v) is 4.83. The van der Waals surface area contributed by atoms with E-state index in [0.29, 0.717) is 5.02 Å². The molecule has 2 nitrogen and oxygen atoms in total. The van der Waals surface area contributed by atoms with E-state index in [2.05, 4.69) is 4.98 Å². The molecular formula is C15H8ClNO. The number of H-pyrrole nitrogens is 1. The van der Waals surface area contributed by atoms with E-state index < -0.39 is 0 Å². The van der Waals surface area contributed by atoms with Crippen LogP contribution < -0.4 is 0 Å². The summed E-state index contributed by atoms with van der Waals surface area (Å²) in [7, 11) is 0. The zero-order chi connectivity index (χ0) is 12.3. The minimum absolute atomic E-state index is 0.0689. The number of benzene rings is 2. The third kappa shape index (κ3) is 1.06. The highest BCUT2D eigenvalue weighted by Gasteiger charge is 2.26. The lowest BCUT2D eigenvalue weighted by Crippen LogP contribution is -2.08. The Morgan fingerprint density at radius 1 is 0.889 bits per heavy atom. The van der Waals surface area contributed by atoms with Gasteiger partial charge >= 0.3 is 0 Å². The van der Waals surface area contributed by atoms with E-state index in [9.17, 15) is 4.79 Å². The summed E-state index contributed by atoms with van der Waals surface area (Å²) in [6.07, 6.45) is 1.92. The zero-order valence-corrected chi connectivity index (χ0v) is 10.1. The molecule has 0 radical (unpaired) electrons. The molecule has 2 aromatic carbocycles. The molecule has 1 aliphatic carbocycles. The third-order valence-corrected chi connectivity index (χ3v) is 3.81. The Labute approximate surface area is 108 Å². The first-order valence-electron chi connectivity index (χ1n) is 5.71. The number of aromatic amines is 1. The number of hydrogen-bond donors (Lipinski definition) is 1. The summed E-state index contributed by atoms with van der Waals surface area (Å²) in [6, 6.07) is 11.3. The Balaban J connectivity index is 2.26. The second-order valence-electron chi connectivity index (χ2n) is 4.42. The number of carbonyl (C=O) groups is 1. The molecule has 3 aromatic rings. The van der Waals surface area contributed by atoms with Crippen molar-refractivity contribution in [1.29, 1.82) is 0 Å². The first kappa shape index (κ1) is 9.92. The number of hydrogen-bond acceptors (Lipinski definition) is 1. The molecule has 0 amide bonds. The van der Waals surface area contributed by atoms with Crippen molar-refractivity contribution in [3.05, 3.63) is 58.7 Å². The fourth-order valence-corrected chi connectivity index (χ4v) is 2.89. The Morgan fingerprint density at radius 2 is 1.67 bits per heavy atom. The smallest absolute Gasteiger partial charge is 0.194 e. The van der Waals surface area contributed by atoms with Gasteiger partial charge in [-0.05, 0) is 17.7 Å². The quantitative estimate of drug-likeness (QED) is 0.504. The van der Waals surface area contributed by atoms with Gasteiger partial charge in [0, 0.05) is 28.3 Å². The van der Waals surface area contributed by atoms with E-state index in [0.717, 1.165) is 33.2 Å². The third-order valence-electron chi connectivity index (χ3n) is 3.49. The topological polar surface area (TPSA) is 32.9 Å². The van der Waals surface area contributed by atoms with Gasteiger partial charge in [0.1, 0.15) is 0 Å². The molecule has 1 aromatic heterocycles. The Hall–Kier alpha value is -2.06. The molecule has 1 aliphatic rings. The maximum atomic E-state index is 12.4. The minimum Gasteiger partial charge on any atom is -0.359 e. The molecule has 0 saturated carbocycles. The molecule has 0 bridgehead atoms. The largest absolute Gasteiger partial charge is 0.359 e. The van der Waals surface area contributed by atoms with E-state index in [4.69, 9.17) is 11.6 Å². The first-order chi connectivity index (χ1) is 8.77. The summed E-state index contributed by atoms with van der Waals surface area (Å²) in [5.41, 5.74) is 4.35. The monoisotopic (exact) mass is 253 g/mol. The molecule has 18 heavy (non-hydrogen) atoms. The van der Waals surface area contributed by atoms with Gasteiger partial charge in [-0.15, -0.1) is 0 Å². The first-order valence-corrected chi connectivity index (χ1v) is 6.09. The normalized spacial score (nSPS) is 12.8. The summed E-state index contributed by atoms with van der Waals surface area (Å²) in [5.74, 6) is 0.0689. The van der Waals surface area contributed by atoms with Crippen molar-refractivity contribution in [3.8, 4) is 11.1 Å². The van der Waals surface area contributed by atoms with Crippen LogP contribution in [-0.4, -0.2) is 10.8 Å². The minimum atomic E-state index is 0.0689. The number of carbonyl (C=O) groups excluding carboxylic acids is 1. The molecule has 4 rings (SSSR count). The highest BCUT2D eigenvalue weighted by atomic mass is 35.5. The predicted molar refractivity (Wildman–Crippen MR) is 72.2 cm³/mol. The lowest BCUT2D eigenvalue weighted by atomic mass is 9.86. The van der Waals surface area contributed by atoms with E-state index in [1.807, 2.05) is 30.5 Å². The van der Waals surface area contributed by atoms with E-state index in [1.54, 1.807) is 12.1 Å². The van der Waals surface area contributed by atoms with Crippen molar-refractivity contribution in [2.45, 2.75) is 0 Å². The molecule has 0 unspecified atom stereocenters. The Bertz CT molecular complexity index is 816. The molecule has 1 heterocycles. The lowest BCUT2D eigenvalue weighted by molar-refractivity contribution is 0.104. The molecular weight excluding hydrogens is 246 g/mol. The maximum absolute atomic E-state index is 12.4.